The van der Waals surface area contributed by atoms with Gasteiger partial charge >= 0.3 is 0 Å². The second kappa shape index (κ2) is 10.5. The van der Waals surface area contributed by atoms with Crippen LogP contribution in [-0.4, -0.2) is 30.3 Å². The van der Waals surface area contributed by atoms with Crippen molar-refractivity contribution >= 4 is 28.6 Å². The molecule has 1 amide bonds. The number of carbonyl (C=O) groups is 1. The van der Waals surface area contributed by atoms with Crippen molar-refractivity contribution in [3.63, 3.8) is 0 Å². The Kier molecular flexibility index (Phi) is 8.06. The molecule has 146 valence electrons. The van der Waals surface area contributed by atoms with Gasteiger partial charge in [0.1, 0.15) is 4.88 Å². The molecule has 1 heterocycles. The van der Waals surface area contributed by atoms with Crippen LogP contribution in [-0.2, 0) is 0 Å². The standard InChI is InChI=1S/C19H26N4O3S/c1-4-6-7-10-26-15-9-8-14(11-16(15)25-5-2)12-21-23-18(24)17-13(3)22-19(20)27-17/h8-9,11-12H,4-7,10H2,1-3H3,(H2,20,22)(H,23,24)/b21-12-. The number of amides is 1. The summed E-state index contributed by atoms with van der Waals surface area (Å²) in [6.45, 7) is 7.01. The van der Waals surface area contributed by atoms with Crippen LogP contribution >= 0.6 is 11.3 Å². The third kappa shape index (κ3) is 6.25. The summed E-state index contributed by atoms with van der Waals surface area (Å²) in [6.07, 6.45) is 4.86. The van der Waals surface area contributed by atoms with Gasteiger partial charge in [0.05, 0.1) is 25.1 Å². The van der Waals surface area contributed by atoms with E-state index in [-0.39, 0.29) is 5.91 Å². The number of carbonyl (C=O) groups excluding carboxylic acids is 1. The molecule has 7 nitrogen and oxygen atoms in total. The molecule has 0 fully saturated rings. The Labute approximate surface area is 163 Å². The smallest absolute Gasteiger partial charge is 0.283 e. The monoisotopic (exact) mass is 390 g/mol. The zero-order chi connectivity index (χ0) is 19.6. The maximum atomic E-state index is 12.1. The number of hydrogen-bond acceptors (Lipinski definition) is 7. The van der Waals surface area contributed by atoms with Crippen molar-refractivity contribution in [2.75, 3.05) is 18.9 Å². The Morgan fingerprint density at radius 2 is 2.11 bits per heavy atom. The maximum absolute atomic E-state index is 12.1. The number of thiazole rings is 1. The van der Waals surface area contributed by atoms with E-state index in [1.807, 2.05) is 25.1 Å². The van der Waals surface area contributed by atoms with E-state index in [0.717, 1.165) is 36.2 Å². The second-order valence-corrected chi connectivity index (χ2v) is 6.89. The van der Waals surface area contributed by atoms with Crippen LogP contribution in [0.4, 0.5) is 5.13 Å². The normalized spacial score (nSPS) is 10.9. The molecular formula is C19H26N4O3S. The molecule has 0 saturated carbocycles. The molecule has 0 saturated heterocycles. The molecular weight excluding hydrogens is 364 g/mol. The number of unbranched alkanes of at least 4 members (excludes halogenated alkanes) is 2. The minimum Gasteiger partial charge on any atom is -0.490 e. The van der Waals surface area contributed by atoms with E-state index in [1.165, 1.54) is 0 Å². The van der Waals surface area contributed by atoms with Crippen molar-refractivity contribution in [1.82, 2.24) is 10.4 Å². The van der Waals surface area contributed by atoms with Crippen LogP contribution in [0.2, 0.25) is 0 Å². The van der Waals surface area contributed by atoms with E-state index < -0.39 is 0 Å². The highest BCUT2D eigenvalue weighted by molar-refractivity contribution is 7.17. The van der Waals surface area contributed by atoms with Gasteiger partial charge in [-0.05, 0) is 44.0 Å². The lowest BCUT2D eigenvalue weighted by atomic mass is 10.2. The van der Waals surface area contributed by atoms with Crippen molar-refractivity contribution in [2.45, 2.75) is 40.0 Å². The summed E-state index contributed by atoms with van der Waals surface area (Å²) in [5.74, 6) is 1.04. The minimum absolute atomic E-state index is 0.334. The number of nitrogens with zero attached hydrogens (tertiary/aromatic N) is 2. The molecule has 8 heteroatoms. The van der Waals surface area contributed by atoms with E-state index in [4.69, 9.17) is 15.2 Å². The molecule has 0 radical (unpaired) electrons. The summed E-state index contributed by atoms with van der Waals surface area (Å²) in [5.41, 5.74) is 9.48. The van der Waals surface area contributed by atoms with E-state index in [2.05, 4.69) is 22.4 Å². The van der Waals surface area contributed by atoms with E-state index in [1.54, 1.807) is 13.1 Å². The first-order chi connectivity index (χ1) is 13.0. The summed E-state index contributed by atoms with van der Waals surface area (Å²) < 4.78 is 11.5. The largest absolute Gasteiger partial charge is 0.490 e. The maximum Gasteiger partial charge on any atom is 0.283 e. The number of nitrogen functional groups attached to an aromatic ring is 1. The van der Waals surface area contributed by atoms with Crippen molar-refractivity contribution in [3.8, 4) is 11.5 Å². The van der Waals surface area contributed by atoms with E-state index in [9.17, 15) is 4.79 Å². The predicted molar refractivity (Wildman–Crippen MR) is 109 cm³/mol. The Balaban J connectivity index is 2.00. The molecule has 1 aromatic carbocycles. The number of hydrogen-bond donors (Lipinski definition) is 2. The minimum atomic E-state index is -0.334. The Morgan fingerprint density at radius 3 is 2.78 bits per heavy atom. The number of nitrogens with two attached hydrogens (primary N) is 1. The first-order valence-corrected chi connectivity index (χ1v) is 9.82. The molecule has 0 spiro atoms. The van der Waals surface area contributed by atoms with Gasteiger partial charge in [0.25, 0.3) is 5.91 Å². The summed E-state index contributed by atoms with van der Waals surface area (Å²) in [6, 6.07) is 5.56. The van der Waals surface area contributed by atoms with Crippen molar-refractivity contribution in [3.05, 3.63) is 34.3 Å². The number of hydrazone groups is 1. The van der Waals surface area contributed by atoms with Crippen LogP contribution in [0.25, 0.3) is 0 Å². The third-order valence-electron chi connectivity index (χ3n) is 3.67. The highest BCUT2D eigenvalue weighted by Crippen LogP contribution is 2.28. The molecule has 0 unspecified atom stereocenters. The van der Waals surface area contributed by atoms with Gasteiger partial charge in [0.2, 0.25) is 0 Å². The Morgan fingerprint density at radius 1 is 1.30 bits per heavy atom. The van der Waals surface area contributed by atoms with Crippen LogP contribution in [0.15, 0.2) is 23.3 Å². The first-order valence-electron chi connectivity index (χ1n) is 9.01. The fraction of sp³-hybridized carbons (Fsp3) is 0.421. The number of aromatic nitrogens is 1. The number of rotatable bonds is 10. The van der Waals surface area contributed by atoms with Crippen molar-refractivity contribution in [1.29, 1.82) is 0 Å². The van der Waals surface area contributed by atoms with E-state index >= 15 is 0 Å². The fourth-order valence-corrected chi connectivity index (χ4v) is 3.09. The number of aryl methyl sites for hydroxylation is 1. The topological polar surface area (TPSA) is 98.8 Å². The number of nitrogens with one attached hydrogen (secondary N) is 1. The average Bonchev–Trinajstić information content (AvgIpc) is 2.98. The van der Waals surface area contributed by atoms with Gasteiger partial charge in [0, 0.05) is 0 Å². The molecule has 0 aliphatic rings. The summed E-state index contributed by atoms with van der Waals surface area (Å²) in [7, 11) is 0. The summed E-state index contributed by atoms with van der Waals surface area (Å²) in [4.78, 5) is 16.6. The summed E-state index contributed by atoms with van der Waals surface area (Å²) >= 11 is 1.13. The number of anilines is 1. The molecule has 3 N–H and O–H groups in total. The van der Waals surface area contributed by atoms with Gasteiger partial charge in [-0.2, -0.15) is 5.10 Å². The zero-order valence-electron chi connectivity index (χ0n) is 15.9. The fourth-order valence-electron chi connectivity index (χ4n) is 2.37. The second-order valence-electron chi connectivity index (χ2n) is 5.86. The molecule has 2 rings (SSSR count). The Hall–Kier alpha value is -2.61. The average molecular weight is 391 g/mol. The van der Waals surface area contributed by atoms with Crippen LogP contribution in [0.1, 0.15) is 54.0 Å². The first kappa shape index (κ1) is 20.7. The predicted octanol–water partition coefficient (Wildman–Crippen LogP) is 3.77. The third-order valence-corrected chi connectivity index (χ3v) is 4.66. The van der Waals surface area contributed by atoms with Gasteiger partial charge in [0.15, 0.2) is 16.6 Å². The van der Waals surface area contributed by atoms with Gasteiger partial charge in [-0.3, -0.25) is 4.79 Å². The molecule has 0 atom stereocenters. The molecule has 27 heavy (non-hydrogen) atoms. The highest BCUT2D eigenvalue weighted by atomic mass is 32.1. The quantitative estimate of drug-likeness (QED) is 0.365. The molecule has 0 aliphatic heterocycles. The number of benzene rings is 1. The lowest BCUT2D eigenvalue weighted by Crippen LogP contribution is -2.17. The molecule has 2 aromatic rings. The summed E-state index contributed by atoms with van der Waals surface area (Å²) in [5, 5.41) is 4.36. The number of ether oxygens (including phenoxy) is 2. The van der Waals surface area contributed by atoms with Crippen LogP contribution in [0.5, 0.6) is 11.5 Å². The molecule has 1 aromatic heterocycles. The van der Waals surface area contributed by atoms with Gasteiger partial charge in [-0.1, -0.05) is 31.1 Å². The van der Waals surface area contributed by atoms with Crippen molar-refractivity contribution in [2.24, 2.45) is 5.10 Å². The lowest BCUT2D eigenvalue weighted by Gasteiger charge is -2.12. The van der Waals surface area contributed by atoms with Gasteiger partial charge < -0.3 is 15.2 Å². The molecule has 0 bridgehead atoms. The SMILES string of the molecule is CCCCCOc1ccc(/C=N\NC(=O)c2sc(N)nc2C)cc1OCC. The molecule has 0 aliphatic carbocycles. The van der Waals surface area contributed by atoms with Crippen LogP contribution < -0.4 is 20.6 Å². The van der Waals surface area contributed by atoms with Crippen LogP contribution in [0, 0.1) is 6.92 Å². The van der Waals surface area contributed by atoms with E-state index in [0.29, 0.717) is 40.4 Å². The Bertz CT molecular complexity index is 789. The lowest BCUT2D eigenvalue weighted by molar-refractivity contribution is 0.0958. The zero-order valence-corrected chi connectivity index (χ0v) is 16.8. The van der Waals surface area contributed by atoms with Crippen LogP contribution in [0.3, 0.4) is 0 Å². The van der Waals surface area contributed by atoms with Gasteiger partial charge in [-0.25, -0.2) is 10.4 Å². The highest BCUT2D eigenvalue weighted by Gasteiger charge is 2.13. The van der Waals surface area contributed by atoms with Gasteiger partial charge in [-0.15, -0.1) is 0 Å². The van der Waals surface area contributed by atoms with Crippen molar-refractivity contribution < 1.29 is 14.3 Å².